The smallest absolute Gasteiger partial charge is 0.362 e. The SMILES string of the molecule is FC(F)(F)C1(c2ccccc2)NN1C1CCCO1. The van der Waals surface area contributed by atoms with E-state index < -0.39 is 18.1 Å². The highest BCUT2D eigenvalue weighted by Gasteiger charge is 2.73. The third kappa shape index (κ3) is 1.64. The van der Waals surface area contributed by atoms with E-state index in [9.17, 15) is 13.2 Å². The lowest BCUT2D eigenvalue weighted by molar-refractivity contribution is -0.184. The fourth-order valence-corrected chi connectivity index (χ4v) is 2.45. The van der Waals surface area contributed by atoms with Gasteiger partial charge in [-0.3, -0.25) is 0 Å². The number of nitrogens with zero attached hydrogens (tertiary/aromatic N) is 1. The number of halogens is 3. The van der Waals surface area contributed by atoms with Crippen LogP contribution in [-0.2, 0) is 10.4 Å². The van der Waals surface area contributed by atoms with Crippen LogP contribution in [0.4, 0.5) is 13.2 Å². The van der Waals surface area contributed by atoms with Crippen LogP contribution in [-0.4, -0.2) is 24.0 Å². The highest BCUT2D eigenvalue weighted by atomic mass is 19.4. The van der Waals surface area contributed by atoms with E-state index in [2.05, 4.69) is 5.43 Å². The summed E-state index contributed by atoms with van der Waals surface area (Å²) in [5.74, 6) is 0. The van der Waals surface area contributed by atoms with Gasteiger partial charge in [0, 0.05) is 6.61 Å². The van der Waals surface area contributed by atoms with Crippen molar-refractivity contribution < 1.29 is 17.9 Å². The summed E-state index contributed by atoms with van der Waals surface area (Å²) < 4.78 is 45.3. The first-order chi connectivity index (χ1) is 8.56. The predicted octanol–water partition coefficient (Wildman–Crippen LogP) is 2.36. The second-order valence-electron chi connectivity index (χ2n) is 4.52. The van der Waals surface area contributed by atoms with Crippen molar-refractivity contribution >= 4 is 0 Å². The van der Waals surface area contributed by atoms with E-state index in [4.69, 9.17) is 4.74 Å². The molecule has 2 heterocycles. The second kappa shape index (κ2) is 3.94. The molecule has 0 bridgehead atoms. The molecular formula is C12H13F3N2O. The Balaban J connectivity index is 1.93. The first-order valence-electron chi connectivity index (χ1n) is 5.87. The summed E-state index contributed by atoms with van der Waals surface area (Å²) in [5, 5.41) is 1.18. The van der Waals surface area contributed by atoms with Crippen LogP contribution in [0.1, 0.15) is 18.4 Å². The average molecular weight is 258 g/mol. The monoisotopic (exact) mass is 258 g/mol. The number of ether oxygens (including phenoxy) is 1. The van der Waals surface area contributed by atoms with Crippen LogP contribution in [0.2, 0.25) is 0 Å². The van der Waals surface area contributed by atoms with Gasteiger partial charge in [0.05, 0.1) is 0 Å². The molecule has 0 aromatic heterocycles. The van der Waals surface area contributed by atoms with E-state index in [1.807, 2.05) is 0 Å². The molecule has 3 nitrogen and oxygen atoms in total. The third-order valence-electron chi connectivity index (χ3n) is 3.39. The lowest BCUT2D eigenvalue weighted by Gasteiger charge is -2.21. The maximum atomic E-state index is 13.3. The molecule has 0 spiro atoms. The molecule has 3 rings (SSSR count). The van der Waals surface area contributed by atoms with Gasteiger partial charge in [-0.2, -0.15) is 18.2 Å². The largest absolute Gasteiger partial charge is 0.427 e. The van der Waals surface area contributed by atoms with Gasteiger partial charge in [0.2, 0.25) is 5.66 Å². The summed E-state index contributed by atoms with van der Waals surface area (Å²) in [6, 6.07) is 7.88. The van der Waals surface area contributed by atoms with Crippen molar-refractivity contribution in [2.75, 3.05) is 6.61 Å². The molecule has 3 atom stereocenters. The number of alkyl halides is 3. The zero-order valence-corrected chi connectivity index (χ0v) is 9.57. The quantitative estimate of drug-likeness (QED) is 0.827. The molecule has 2 fully saturated rings. The van der Waals surface area contributed by atoms with Gasteiger partial charge < -0.3 is 4.74 Å². The number of nitrogens with one attached hydrogen (secondary N) is 1. The molecule has 98 valence electrons. The van der Waals surface area contributed by atoms with Crippen LogP contribution in [0.15, 0.2) is 30.3 Å². The van der Waals surface area contributed by atoms with E-state index in [-0.39, 0.29) is 5.56 Å². The lowest BCUT2D eigenvalue weighted by atomic mass is 10.0. The Labute approximate surface area is 102 Å². The highest BCUT2D eigenvalue weighted by molar-refractivity contribution is 5.30. The molecule has 6 heteroatoms. The van der Waals surface area contributed by atoms with Crippen molar-refractivity contribution in [3.8, 4) is 0 Å². The number of hydrogen-bond acceptors (Lipinski definition) is 3. The minimum atomic E-state index is -4.37. The van der Waals surface area contributed by atoms with Crippen LogP contribution in [0.5, 0.6) is 0 Å². The van der Waals surface area contributed by atoms with Crippen molar-refractivity contribution in [2.24, 2.45) is 0 Å². The normalized spacial score (nSPS) is 35.7. The van der Waals surface area contributed by atoms with Crippen molar-refractivity contribution in [3.05, 3.63) is 35.9 Å². The van der Waals surface area contributed by atoms with E-state index in [0.29, 0.717) is 13.0 Å². The number of benzene rings is 1. The summed E-state index contributed by atoms with van der Waals surface area (Å²) in [6.45, 7) is 0.519. The van der Waals surface area contributed by atoms with Crippen molar-refractivity contribution in [2.45, 2.75) is 30.9 Å². The van der Waals surface area contributed by atoms with E-state index in [0.717, 1.165) is 6.42 Å². The number of hydrogen-bond donors (Lipinski definition) is 1. The Morgan fingerprint density at radius 3 is 2.56 bits per heavy atom. The summed E-state index contributed by atoms with van der Waals surface area (Å²) in [5.41, 5.74) is 0.586. The maximum absolute atomic E-state index is 13.3. The molecule has 0 radical (unpaired) electrons. The van der Waals surface area contributed by atoms with Gasteiger partial charge >= 0.3 is 6.18 Å². The summed E-state index contributed by atoms with van der Waals surface area (Å²) in [7, 11) is 0. The molecule has 1 N–H and O–H groups in total. The minimum absolute atomic E-state index is 0.202. The van der Waals surface area contributed by atoms with Crippen LogP contribution >= 0.6 is 0 Å². The van der Waals surface area contributed by atoms with E-state index in [1.54, 1.807) is 18.2 Å². The standard InChI is InChI=1S/C12H13F3N2O/c13-12(14,15)11(9-5-2-1-3-6-9)16-17(11)10-7-4-8-18-10/h1-3,5-6,10,16H,4,7-8H2. The predicted molar refractivity (Wildman–Crippen MR) is 58.1 cm³/mol. The molecule has 18 heavy (non-hydrogen) atoms. The summed E-state index contributed by atoms with van der Waals surface area (Å²) in [6.07, 6.45) is -3.45. The maximum Gasteiger partial charge on any atom is 0.427 e. The van der Waals surface area contributed by atoms with Crippen molar-refractivity contribution in [1.29, 1.82) is 0 Å². The molecule has 0 amide bonds. The lowest BCUT2D eigenvalue weighted by Crippen LogP contribution is -2.38. The Morgan fingerprint density at radius 1 is 1.28 bits per heavy atom. The van der Waals surface area contributed by atoms with Gasteiger partial charge in [0.1, 0.15) is 6.23 Å². The van der Waals surface area contributed by atoms with E-state index in [1.165, 1.54) is 17.1 Å². The van der Waals surface area contributed by atoms with Crippen LogP contribution in [0.25, 0.3) is 0 Å². The Bertz CT molecular complexity index is 431. The Morgan fingerprint density at radius 2 is 2.00 bits per heavy atom. The molecule has 3 unspecified atom stereocenters. The second-order valence-corrected chi connectivity index (χ2v) is 4.52. The fraction of sp³-hybridized carbons (Fsp3) is 0.500. The fourth-order valence-electron chi connectivity index (χ4n) is 2.45. The molecule has 2 saturated heterocycles. The topological polar surface area (TPSA) is 34.2 Å². The first-order valence-corrected chi connectivity index (χ1v) is 5.87. The first kappa shape index (κ1) is 12.0. The zero-order valence-electron chi connectivity index (χ0n) is 9.57. The Kier molecular flexibility index (Phi) is 2.62. The van der Waals surface area contributed by atoms with Crippen LogP contribution in [0, 0.1) is 0 Å². The molecule has 1 aromatic carbocycles. The number of rotatable bonds is 2. The summed E-state index contributed by atoms with van der Waals surface area (Å²) >= 11 is 0. The van der Waals surface area contributed by atoms with Gasteiger partial charge in [-0.1, -0.05) is 30.3 Å². The average Bonchev–Trinajstić information content (AvgIpc) is 2.90. The van der Waals surface area contributed by atoms with Crippen LogP contribution < -0.4 is 5.43 Å². The third-order valence-corrected chi connectivity index (χ3v) is 3.39. The van der Waals surface area contributed by atoms with Crippen molar-refractivity contribution in [3.63, 3.8) is 0 Å². The van der Waals surface area contributed by atoms with Gasteiger partial charge in [-0.25, -0.2) is 5.43 Å². The van der Waals surface area contributed by atoms with Gasteiger partial charge in [-0.15, -0.1) is 0 Å². The van der Waals surface area contributed by atoms with Crippen LogP contribution in [0.3, 0.4) is 0 Å². The van der Waals surface area contributed by atoms with Gasteiger partial charge in [0.25, 0.3) is 0 Å². The molecule has 0 saturated carbocycles. The Hall–Kier alpha value is -1.11. The highest BCUT2D eigenvalue weighted by Crippen LogP contribution is 2.51. The van der Waals surface area contributed by atoms with Crippen molar-refractivity contribution in [1.82, 2.24) is 10.4 Å². The molecule has 2 aliphatic heterocycles. The molecule has 1 aromatic rings. The van der Waals surface area contributed by atoms with Gasteiger partial charge in [0.15, 0.2) is 0 Å². The molecule has 0 aliphatic carbocycles. The minimum Gasteiger partial charge on any atom is -0.362 e. The summed E-state index contributed by atoms with van der Waals surface area (Å²) in [4.78, 5) is 0. The number of hydrazine groups is 1. The zero-order chi connectivity index (χ0) is 12.8. The van der Waals surface area contributed by atoms with Gasteiger partial charge in [-0.05, 0) is 18.4 Å². The van der Waals surface area contributed by atoms with E-state index >= 15 is 0 Å². The molecular weight excluding hydrogens is 245 g/mol. The molecule has 2 aliphatic rings.